The lowest BCUT2D eigenvalue weighted by Gasteiger charge is -2.00. The first-order valence-corrected chi connectivity index (χ1v) is 7.91. The van der Waals surface area contributed by atoms with Crippen LogP contribution in [0.3, 0.4) is 0 Å². The van der Waals surface area contributed by atoms with Crippen molar-refractivity contribution in [3.63, 3.8) is 0 Å². The van der Waals surface area contributed by atoms with Gasteiger partial charge in [-0.1, -0.05) is 22.9 Å². The standard InChI is InChI=1S/C14H10ClFN6S/c1-7-5-11(21(2)19-7)13-20-22-12(17-18-14(22)23-13)9-4-3-8(15)6-10(9)16/h3-6H,1-2H3. The molecule has 0 saturated carbocycles. The molecule has 0 fully saturated rings. The molecule has 23 heavy (non-hydrogen) atoms. The normalized spacial score (nSPS) is 11.5. The fraction of sp³-hybridized carbons (Fsp3) is 0.143. The highest BCUT2D eigenvalue weighted by Crippen LogP contribution is 2.29. The van der Waals surface area contributed by atoms with Crippen LogP contribution in [0.4, 0.5) is 4.39 Å². The van der Waals surface area contributed by atoms with Crippen LogP contribution in [0.15, 0.2) is 24.3 Å². The molecule has 0 aliphatic rings. The fourth-order valence-electron chi connectivity index (χ4n) is 2.37. The summed E-state index contributed by atoms with van der Waals surface area (Å²) in [5.74, 6) is -0.117. The Morgan fingerprint density at radius 2 is 2.00 bits per heavy atom. The second-order valence-corrected chi connectivity index (χ2v) is 6.44. The van der Waals surface area contributed by atoms with Crippen LogP contribution in [0.5, 0.6) is 0 Å². The van der Waals surface area contributed by atoms with Crippen LogP contribution in [0.2, 0.25) is 5.02 Å². The molecule has 0 aliphatic carbocycles. The van der Waals surface area contributed by atoms with E-state index < -0.39 is 5.82 Å². The summed E-state index contributed by atoms with van der Waals surface area (Å²) in [6.07, 6.45) is 0. The SMILES string of the molecule is Cc1cc(-c2nn3c(-c4ccc(Cl)cc4F)nnc3s2)n(C)n1. The zero-order valence-corrected chi connectivity index (χ0v) is 13.7. The second-order valence-electron chi connectivity index (χ2n) is 5.04. The maximum Gasteiger partial charge on any atom is 0.235 e. The van der Waals surface area contributed by atoms with E-state index in [-0.39, 0.29) is 0 Å². The summed E-state index contributed by atoms with van der Waals surface area (Å²) in [5.41, 5.74) is 2.08. The summed E-state index contributed by atoms with van der Waals surface area (Å²) in [4.78, 5) is 0.586. The number of nitrogens with zero attached hydrogens (tertiary/aromatic N) is 6. The van der Waals surface area contributed by atoms with Gasteiger partial charge in [-0.3, -0.25) is 4.68 Å². The topological polar surface area (TPSA) is 60.9 Å². The largest absolute Gasteiger partial charge is 0.265 e. The first-order valence-electron chi connectivity index (χ1n) is 6.71. The van der Waals surface area contributed by atoms with Crippen molar-refractivity contribution in [2.24, 2.45) is 7.05 Å². The molecule has 0 saturated heterocycles. The molecule has 3 aromatic heterocycles. The van der Waals surface area contributed by atoms with E-state index in [0.717, 1.165) is 16.4 Å². The lowest BCUT2D eigenvalue weighted by molar-refractivity contribution is 0.629. The van der Waals surface area contributed by atoms with Crippen molar-refractivity contribution >= 4 is 27.9 Å². The van der Waals surface area contributed by atoms with E-state index in [2.05, 4.69) is 20.4 Å². The van der Waals surface area contributed by atoms with Crippen molar-refractivity contribution in [3.8, 4) is 22.1 Å². The Labute approximate surface area is 139 Å². The molecular weight excluding hydrogens is 339 g/mol. The third kappa shape index (κ3) is 2.30. The lowest BCUT2D eigenvalue weighted by atomic mass is 10.2. The Balaban J connectivity index is 1.88. The van der Waals surface area contributed by atoms with E-state index in [0.29, 0.717) is 21.4 Å². The number of benzene rings is 1. The molecule has 0 aliphatic heterocycles. The Kier molecular flexibility index (Phi) is 3.17. The highest BCUT2D eigenvalue weighted by Gasteiger charge is 2.18. The van der Waals surface area contributed by atoms with E-state index in [1.54, 1.807) is 16.8 Å². The molecule has 3 heterocycles. The summed E-state index contributed by atoms with van der Waals surface area (Å²) in [6.45, 7) is 1.91. The molecule has 0 N–H and O–H groups in total. The van der Waals surface area contributed by atoms with E-state index in [1.807, 2.05) is 20.0 Å². The Morgan fingerprint density at radius 1 is 1.17 bits per heavy atom. The number of hydrogen-bond acceptors (Lipinski definition) is 5. The van der Waals surface area contributed by atoms with Crippen molar-refractivity contribution in [1.29, 1.82) is 0 Å². The maximum atomic E-state index is 14.1. The molecular formula is C14H10ClFN6S. The molecule has 9 heteroatoms. The molecule has 6 nitrogen and oxygen atoms in total. The molecule has 116 valence electrons. The van der Waals surface area contributed by atoms with Gasteiger partial charge in [-0.05, 0) is 31.2 Å². The smallest absolute Gasteiger partial charge is 0.235 e. The zero-order chi connectivity index (χ0) is 16.1. The summed E-state index contributed by atoms with van der Waals surface area (Å²) in [7, 11) is 1.85. The van der Waals surface area contributed by atoms with Gasteiger partial charge < -0.3 is 0 Å². The van der Waals surface area contributed by atoms with Crippen LogP contribution >= 0.6 is 22.9 Å². The van der Waals surface area contributed by atoms with Gasteiger partial charge in [-0.15, -0.1) is 10.2 Å². The van der Waals surface area contributed by atoms with E-state index in [9.17, 15) is 4.39 Å². The minimum Gasteiger partial charge on any atom is -0.265 e. The first-order chi connectivity index (χ1) is 11.0. The summed E-state index contributed by atoms with van der Waals surface area (Å²) in [6, 6.07) is 6.37. The van der Waals surface area contributed by atoms with E-state index in [1.165, 1.54) is 21.9 Å². The fourth-order valence-corrected chi connectivity index (χ4v) is 3.42. The van der Waals surface area contributed by atoms with Crippen LogP contribution in [-0.2, 0) is 7.05 Å². The second kappa shape index (κ2) is 5.10. The van der Waals surface area contributed by atoms with Gasteiger partial charge in [-0.2, -0.15) is 14.7 Å². The minimum absolute atomic E-state index is 0.305. The van der Waals surface area contributed by atoms with Gasteiger partial charge in [0.15, 0.2) is 10.8 Å². The highest BCUT2D eigenvalue weighted by atomic mass is 35.5. The Morgan fingerprint density at radius 3 is 2.70 bits per heavy atom. The van der Waals surface area contributed by atoms with Gasteiger partial charge in [0.2, 0.25) is 4.96 Å². The monoisotopic (exact) mass is 348 g/mol. The molecule has 4 rings (SSSR count). The molecule has 0 radical (unpaired) electrons. The van der Waals surface area contributed by atoms with Crippen LogP contribution < -0.4 is 0 Å². The van der Waals surface area contributed by atoms with Crippen LogP contribution in [0.25, 0.3) is 27.1 Å². The predicted molar refractivity (Wildman–Crippen MR) is 86.0 cm³/mol. The van der Waals surface area contributed by atoms with Gasteiger partial charge >= 0.3 is 0 Å². The highest BCUT2D eigenvalue weighted by molar-refractivity contribution is 7.19. The number of rotatable bonds is 2. The quantitative estimate of drug-likeness (QED) is 0.557. The minimum atomic E-state index is -0.460. The third-order valence-corrected chi connectivity index (χ3v) is 4.54. The van der Waals surface area contributed by atoms with Gasteiger partial charge in [0, 0.05) is 12.1 Å². The van der Waals surface area contributed by atoms with Crippen molar-refractivity contribution in [3.05, 3.63) is 40.8 Å². The Bertz CT molecular complexity index is 1030. The zero-order valence-electron chi connectivity index (χ0n) is 12.2. The molecule has 0 amide bonds. The van der Waals surface area contributed by atoms with Gasteiger partial charge in [0.05, 0.1) is 17.0 Å². The molecule has 4 aromatic rings. The van der Waals surface area contributed by atoms with Crippen molar-refractivity contribution < 1.29 is 4.39 Å². The van der Waals surface area contributed by atoms with Gasteiger partial charge in [-0.25, -0.2) is 4.39 Å². The number of fused-ring (bicyclic) bond motifs is 1. The number of hydrogen-bond donors (Lipinski definition) is 0. The predicted octanol–water partition coefficient (Wildman–Crippen LogP) is 3.35. The van der Waals surface area contributed by atoms with Crippen LogP contribution in [0.1, 0.15) is 5.69 Å². The van der Waals surface area contributed by atoms with Crippen molar-refractivity contribution in [2.45, 2.75) is 6.92 Å². The van der Waals surface area contributed by atoms with E-state index >= 15 is 0 Å². The van der Waals surface area contributed by atoms with Crippen molar-refractivity contribution in [2.75, 3.05) is 0 Å². The maximum absolute atomic E-state index is 14.1. The number of halogens is 2. The molecule has 1 aromatic carbocycles. The average molecular weight is 349 g/mol. The van der Waals surface area contributed by atoms with Crippen LogP contribution in [-0.4, -0.2) is 29.6 Å². The Hall–Kier alpha value is -2.32. The molecule has 0 atom stereocenters. The summed E-state index contributed by atoms with van der Waals surface area (Å²) < 4.78 is 17.4. The van der Waals surface area contributed by atoms with Crippen molar-refractivity contribution in [1.82, 2.24) is 29.6 Å². The molecule has 0 bridgehead atoms. The third-order valence-electron chi connectivity index (χ3n) is 3.38. The number of aryl methyl sites for hydroxylation is 2. The lowest BCUT2D eigenvalue weighted by Crippen LogP contribution is -1.96. The summed E-state index contributed by atoms with van der Waals surface area (Å²) in [5, 5.41) is 18.0. The average Bonchev–Trinajstić information content (AvgIpc) is 3.13. The van der Waals surface area contributed by atoms with Crippen LogP contribution in [0, 0.1) is 12.7 Å². The molecule has 0 spiro atoms. The first kappa shape index (κ1) is 14.3. The summed E-state index contributed by atoms with van der Waals surface area (Å²) >= 11 is 7.17. The van der Waals surface area contributed by atoms with E-state index in [4.69, 9.17) is 11.6 Å². The van der Waals surface area contributed by atoms with Gasteiger partial charge in [0.1, 0.15) is 5.82 Å². The van der Waals surface area contributed by atoms with Gasteiger partial charge in [0.25, 0.3) is 0 Å². The molecule has 0 unspecified atom stereocenters. The number of aromatic nitrogens is 6.